The van der Waals surface area contributed by atoms with E-state index in [1.54, 1.807) is 19.2 Å². The maximum absolute atomic E-state index is 11.9. The Morgan fingerprint density at radius 2 is 2.15 bits per heavy atom. The summed E-state index contributed by atoms with van der Waals surface area (Å²) in [4.78, 5) is 28.1. The molecule has 1 aromatic carbocycles. The van der Waals surface area contributed by atoms with Gasteiger partial charge in [-0.15, -0.1) is 0 Å². The van der Waals surface area contributed by atoms with E-state index in [0.717, 1.165) is 29.3 Å². The number of aromatic nitrogens is 1. The van der Waals surface area contributed by atoms with Gasteiger partial charge in [-0.1, -0.05) is 24.3 Å². The number of nitrogens with zero attached hydrogens (tertiary/aromatic N) is 2. The first kappa shape index (κ1) is 17.6. The fraction of sp³-hybridized carbons (Fsp3) is 0.300. The Balaban J connectivity index is 1.56. The molecule has 1 aromatic heterocycles. The summed E-state index contributed by atoms with van der Waals surface area (Å²) in [7, 11) is 0. The zero-order chi connectivity index (χ0) is 18.6. The number of fused-ring (bicyclic) bond motifs is 1. The molecule has 1 N–H and O–H groups in total. The molecule has 1 amide bonds. The number of hydrogen-bond acceptors (Lipinski definition) is 5. The molecule has 6 nitrogen and oxygen atoms in total. The molecule has 0 aliphatic heterocycles. The van der Waals surface area contributed by atoms with Gasteiger partial charge in [-0.25, -0.2) is 4.79 Å². The zero-order valence-electron chi connectivity index (χ0n) is 14.4. The number of benzene rings is 1. The molecular weight excluding hydrogens is 330 g/mol. The Morgan fingerprint density at radius 1 is 1.38 bits per heavy atom. The van der Waals surface area contributed by atoms with Crippen molar-refractivity contribution in [2.75, 3.05) is 6.61 Å². The zero-order valence-corrected chi connectivity index (χ0v) is 14.4. The van der Waals surface area contributed by atoms with Crippen molar-refractivity contribution in [3.63, 3.8) is 0 Å². The minimum absolute atomic E-state index is 0.172. The number of pyridine rings is 1. The van der Waals surface area contributed by atoms with E-state index in [0.29, 0.717) is 0 Å². The number of carbonyl (C=O) groups excluding carboxylic acids is 2. The van der Waals surface area contributed by atoms with Crippen LogP contribution in [0.15, 0.2) is 42.6 Å². The number of esters is 1. The second-order valence-electron chi connectivity index (χ2n) is 6.50. The molecule has 1 aliphatic rings. The standard InChI is InChI=1S/C20H19N3O3/c1-20(13-21,16-8-9-16)23-17(24)12-26-18(25)10-7-15-5-2-4-14-6-3-11-22-19(14)15/h2-7,10-11,16H,8-9,12H2,1H3,(H,23,24)/b10-7-/t20-/m1/s1. The average molecular weight is 349 g/mol. The molecule has 0 unspecified atom stereocenters. The van der Waals surface area contributed by atoms with Gasteiger partial charge in [0.05, 0.1) is 11.6 Å². The number of amides is 1. The quantitative estimate of drug-likeness (QED) is 0.639. The molecule has 6 heteroatoms. The number of carbonyl (C=O) groups is 2. The summed E-state index contributed by atoms with van der Waals surface area (Å²) in [6.45, 7) is 1.28. The van der Waals surface area contributed by atoms with E-state index in [9.17, 15) is 14.9 Å². The van der Waals surface area contributed by atoms with Gasteiger partial charge in [-0.05, 0) is 37.8 Å². The molecule has 1 fully saturated rings. The fourth-order valence-corrected chi connectivity index (χ4v) is 2.81. The van der Waals surface area contributed by atoms with Gasteiger partial charge < -0.3 is 10.1 Å². The first-order valence-electron chi connectivity index (χ1n) is 8.43. The molecule has 1 saturated carbocycles. The highest BCUT2D eigenvalue weighted by Crippen LogP contribution is 2.39. The van der Waals surface area contributed by atoms with Crippen molar-refractivity contribution in [3.8, 4) is 6.07 Å². The molecule has 1 aliphatic carbocycles. The van der Waals surface area contributed by atoms with Crippen LogP contribution in [0.3, 0.4) is 0 Å². The Hall–Kier alpha value is -3.20. The molecule has 0 radical (unpaired) electrons. The molecule has 3 rings (SSSR count). The van der Waals surface area contributed by atoms with Crippen molar-refractivity contribution in [1.29, 1.82) is 5.26 Å². The van der Waals surface area contributed by atoms with Gasteiger partial charge in [-0.3, -0.25) is 9.78 Å². The van der Waals surface area contributed by atoms with Gasteiger partial charge in [-0.2, -0.15) is 5.26 Å². The van der Waals surface area contributed by atoms with Crippen molar-refractivity contribution in [3.05, 3.63) is 48.2 Å². The van der Waals surface area contributed by atoms with Crippen molar-refractivity contribution in [2.24, 2.45) is 5.92 Å². The minimum atomic E-state index is -0.895. The monoisotopic (exact) mass is 349 g/mol. The summed E-state index contributed by atoms with van der Waals surface area (Å²) in [5.74, 6) is -0.932. The van der Waals surface area contributed by atoms with Gasteiger partial charge in [0.25, 0.3) is 5.91 Å². The Morgan fingerprint density at radius 3 is 2.88 bits per heavy atom. The van der Waals surface area contributed by atoms with E-state index in [-0.39, 0.29) is 5.92 Å². The largest absolute Gasteiger partial charge is 0.452 e. The lowest BCUT2D eigenvalue weighted by Gasteiger charge is -2.22. The van der Waals surface area contributed by atoms with Crippen molar-refractivity contribution < 1.29 is 14.3 Å². The van der Waals surface area contributed by atoms with Crippen LogP contribution in [-0.4, -0.2) is 29.0 Å². The van der Waals surface area contributed by atoms with Gasteiger partial charge >= 0.3 is 5.97 Å². The number of hydrogen-bond donors (Lipinski definition) is 1. The molecule has 0 spiro atoms. The molecule has 0 bridgehead atoms. The SMILES string of the molecule is C[C@](C#N)(NC(=O)COC(=O)/C=C\c1cccc2cccnc12)C1CC1. The first-order chi connectivity index (χ1) is 12.5. The van der Waals surface area contributed by atoms with Crippen molar-refractivity contribution >= 4 is 28.9 Å². The second kappa shape index (κ2) is 7.36. The van der Waals surface area contributed by atoms with Crippen LogP contribution in [0.1, 0.15) is 25.3 Å². The van der Waals surface area contributed by atoms with Crippen LogP contribution in [0.2, 0.25) is 0 Å². The van der Waals surface area contributed by atoms with Crippen LogP contribution in [0.4, 0.5) is 0 Å². The maximum Gasteiger partial charge on any atom is 0.331 e. The highest BCUT2D eigenvalue weighted by atomic mass is 16.5. The Kier molecular flexibility index (Phi) is 4.99. The third kappa shape index (κ3) is 4.06. The van der Waals surface area contributed by atoms with Crippen LogP contribution < -0.4 is 5.32 Å². The Bertz CT molecular complexity index is 907. The topological polar surface area (TPSA) is 92.1 Å². The third-order valence-electron chi connectivity index (χ3n) is 4.43. The Labute approximate surface area is 151 Å². The summed E-state index contributed by atoms with van der Waals surface area (Å²) >= 11 is 0. The lowest BCUT2D eigenvalue weighted by atomic mass is 9.98. The molecule has 1 atom stereocenters. The van der Waals surface area contributed by atoms with Gasteiger partial charge in [0, 0.05) is 23.2 Å². The summed E-state index contributed by atoms with van der Waals surface area (Å²) in [6.07, 6.45) is 6.41. The normalized spacial score (nSPS) is 16.0. The summed E-state index contributed by atoms with van der Waals surface area (Å²) in [6, 6.07) is 11.6. The number of nitriles is 1. The third-order valence-corrected chi connectivity index (χ3v) is 4.43. The number of ether oxygens (including phenoxy) is 1. The van der Waals surface area contributed by atoms with Crippen LogP contribution in [0, 0.1) is 17.2 Å². The predicted molar refractivity (Wildman–Crippen MR) is 96.6 cm³/mol. The highest BCUT2D eigenvalue weighted by molar-refractivity contribution is 5.93. The highest BCUT2D eigenvalue weighted by Gasteiger charge is 2.43. The second-order valence-corrected chi connectivity index (χ2v) is 6.50. The summed E-state index contributed by atoms with van der Waals surface area (Å²) in [5, 5.41) is 12.8. The molecule has 0 saturated heterocycles. The maximum atomic E-state index is 11.9. The van der Waals surface area contributed by atoms with E-state index in [2.05, 4.69) is 16.4 Å². The van der Waals surface area contributed by atoms with Crippen LogP contribution in [0.25, 0.3) is 17.0 Å². The van der Waals surface area contributed by atoms with E-state index >= 15 is 0 Å². The molecule has 26 heavy (non-hydrogen) atoms. The van der Waals surface area contributed by atoms with Gasteiger partial charge in [0.1, 0.15) is 5.54 Å². The predicted octanol–water partition coefficient (Wildman–Crippen LogP) is 2.60. The number of rotatable bonds is 6. The van der Waals surface area contributed by atoms with Crippen molar-refractivity contribution in [1.82, 2.24) is 10.3 Å². The van der Waals surface area contributed by atoms with Crippen LogP contribution >= 0.6 is 0 Å². The smallest absolute Gasteiger partial charge is 0.331 e. The van der Waals surface area contributed by atoms with E-state index in [4.69, 9.17) is 4.74 Å². The molecule has 1 heterocycles. The molecule has 2 aromatic rings. The minimum Gasteiger partial charge on any atom is -0.452 e. The summed E-state index contributed by atoms with van der Waals surface area (Å²) in [5.41, 5.74) is 0.676. The number of nitrogens with one attached hydrogen (secondary N) is 1. The lowest BCUT2D eigenvalue weighted by Crippen LogP contribution is -2.48. The van der Waals surface area contributed by atoms with Crippen LogP contribution in [0.5, 0.6) is 0 Å². The summed E-state index contributed by atoms with van der Waals surface area (Å²) < 4.78 is 4.96. The van der Waals surface area contributed by atoms with Gasteiger partial charge in [0.15, 0.2) is 6.61 Å². The van der Waals surface area contributed by atoms with Crippen molar-refractivity contribution in [2.45, 2.75) is 25.3 Å². The molecular formula is C20H19N3O3. The fourth-order valence-electron chi connectivity index (χ4n) is 2.81. The molecule has 132 valence electrons. The number of para-hydroxylation sites is 1. The first-order valence-corrected chi connectivity index (χ1v) is 8.43. The van der Waals surface area contributed by atoms with E-state index in [1.807, 2.05) is 30.3 Å². The van der Waals surface area contributed by atoms with E-state index < -0.39 is 24.0 Å². The average Bonchev–Trinajstić information content (AvgIpc) is 3.50. The van der Waals surface area contributed by atoms with Crippen LogP contribution in [-0.2, 0) is 14.3 Å². The van der Waals surface area contributed by atoms with Gasteiger partial charge in [0.2, 0.25) is 0 Å². The van der Waals surface area contributed by atoms with E-state index in [1.165, 1.54) is 6.08 Å². The lowest BCUT2D eigenvalue weighted by molar-refractivity contribution is -0.144.